The zero-order valence-electron chi connectivity index (χ0n) is 12.7. The molecule has 0 radical (unpaired) electrons. The number of hydrogen-bond donors (Lipinski definition) is 3. The molecule has 0 unspecified atom stereocenters. The average molecular weight is 402 g/mol. The lowest BCUT2D eigenvalue weighted by molar-refractivity contribution is 0.836. The summed E-state index contributed by atoms with van der Waals surface area (Å²) in [5.41, 5.74) is 8.38. The second-order valence-electron chi connectivity index (χ2n) is 5.20. The van der Waals surface area contributed by atoms with Crippen molar-refractivity contribution in [3.05, 3.63) is 70.3 Å². The predicted molar refractivity (Wildman–Crippen MR) is 106 cm³/mol. The maximum absolute atomic E-state index is 5.21. The maximum Gasteiger partial charge on any atom is 0.201 e. The number of fused-ring (bicyclic) bond motifs is 1. The Hall–Kier alpha value is -2.22. The summed E-state index contributed by atoms with van der Waals surface area (Å²) in [4.78, 5) is 0. The number of hydrazine groups is 1. The molecule has 0 fully saturated rings. The van der Waals surface area contributed by atoms with E-state index in [-0.39, 0.29) is 5.11 Å². The number of aromatic nitrogens is 1. The Balaban J connectivity index is 1.91. The summed E-state index contributed by atoms with van der Waals surface area (Å²) in [6, 6.07) is 16.6. The third-order valence-corrected chi connectivity index (χ3v) is 4.32. The first kappa shape index (κ1) is 16.6. The van der Waals surface area contributed by atoms with E-state index >= 15 is 0 Å². The van der Waals surface area contributed by atoms with Gasteiger partial charge in [-0.3, -0.25) is 10.9 Å². The second-order valence-corrected chi connectivity index (χ2v) is 6.52. The Morgan fingerprint density at radius 3 is 2.71 bits per heavy atom. The molecular weight excluding hydrogens is 386 g/mol. The average Bonchev–Trinajstić information content (AvgIpc) is 2.95. The van der Waals surface area contributed by atoms with Crippen molar-refractivity contribution in [1.29, 1.82) is 0 Å². The van der Waals surface area contributed by atoms with Crippen LogP contribution in [-0.4, -0.2) is 15.9 Å². The van der Waals surface area contributed by atoms with Crippen molar-refractivity contribution in [2.45, 2.75) is 6.54 Å². The number of nitrogens with two attached hydrogens (primary N) is 1. The summed E-state index contributed by atoms with van der Waals surface area (Å²) in [5.74, 6) is 5.21. The summed E-state index contributed by atoms with van der Waals surface area (Å²) in [5, 5.41) is 5.52. The lowest BCUT2D eigenvalue weighted by atomic mass is 10.2. The first-order chi connectivity index (χ1) is 11.7. The lowest BCUT2D eigenvalue weighted by Crippen LogP contribution is -2.37. The molecule has 122 valence electrons. The molecule has 24 heavy (non-hydrogen) atoms. The van der Waals surface area contributed by atoms with Gasteiger partial charge in [-0.25, -0.2) is 5.84 Å². The normalized spacial score (nSPS) is 11.1. The molecule has 0 aliphatic carbocycles. The number of benzene rings is 2. The summed E-state index contributed by atoms with van der Waals surface area (Å²) in [6.07, 6.45) is 3.82. The van der Waals surface area contributed by atoms with Gasteiger partial charge in [0.25, 0.3) is 0 Å². The zero-order valence-corrected chi connectivity index (χ0v) is 15.1. The summed E-state index contributed by atoms with van der Waals surface area (Å²) >= 11 is 8.36. The quantitative estimate of drug-likeness (QED) is 0.272. The third kappa shape index (κ3) is 3.81. The minimum Gasteiger partial charge on any atom is -0.342 e. The molecule has 0 amide bonds. The molecule has 0 spiro atoms. The van der Waals surface area contributed by atoms with Crippen molar-refractivity contribution in [2.24, 2.45) is 10.9 Å². The molecule has 0 aliphatic rings. The molecule has 0 saturated carbocycles. The van der Waals surface area contributed by atoms with Crippen molar-refractivity contribution < 1.29 is 0 Å². The number of hydrazone groups is 1. The highest BCUT2D eigenvalue weighted by Crippen LogP contribution is 2.21. The Kier molecular flexibility index (Phi) is 5.24. The van der Waals surface area contributed by atoms with Crippen molar-refractivity contribution in [2.75, 3.05) is 0 Å². The minimum absolute atomic E-state index is 0.268. The first-order valence-electron chi connectivity index (χ1n) is 7.29. The molecule has 3 aromatic rings. The van der Waals surface area contributed by atoms with Gasteiger partial charge in [0.1, 0.15) is 0 Å². The van der Waals surface area contributed by atoms with Crippen molar-refractivity contribution >= 4 is 50.4 Å². The minimum atomic E-state index is 0.268. The van der Waals surface area contributed by atoms with Gasteiger partial charge < -0.3 is 4.57 Å². The molecule has 3 rings (SSSR count). The van der Waals surface area contributed by atoms with Crippen LogP contribution in [0.2, 0.25) is 0 Å². The Bertz CT molecular complexity index is 886. The van der Waals surface area contributed by atoms with Crippen LogP contribution in [0.1, 0.15) is 11.1 Å². The monoisotopic (exact) mass is 401 g/mol. The molecule has 2 aromatic carbocycles. The highest BCUT2D eigenvalue weighted by atomic mass is 79.9. The maximum atomic E-state index is 5.21. The van der Waals surface area contributed by atoms with Gasteiger partial charge in [0.2, 0.25) is 5.11 Å². The van der Waals surface area contributed by atoms with Crippen LogP contribution in [0.3, 0.4) is 0 Å². The van der Waals surface area contributed by atoms with Crippen LogP contribution in [0.15, 0.2) is 64.3 Å². The highest BCUT2D eigenvalue weighted by molar-refractivity contribution is 9.10. The fraction of sp³-hybridized carbons (Fsp3) is 0.0588. The second kappa shape index (κ2) is 7.57. The van der Waals surface area contributed by atoms with Gasteiger partial charge in [-0.05, 0) is 36.0 Å². The Morgan fingerprint density at radius 2 is 1.96 bits per heavy atom. The molecule has 7 heteroatoms. The molecule has 0 atom stereocenters. The summed E-state index contributed by atoms with van der Waals surface area (Å²) in [6.45, 7) is 0.790. The summed E-state index contributed by atoms with van der Waals surface area (Å²) < 4.78 is 3.28. The van der Waals surface area contributed by atoms with E-state index in [1.165, 1.54) is 5.56 Å². The van der Waals surface area contributed by atoms with Gasteiger partial charge in [-0.15, -0.1) is 0 Å². The van der Waals surface area contributed by atoms with Gasteiger partial charge in [-0.2, -0.15) is 5.10 Å². The zero-order chi connectivity index (χ0) is 16.9. The number of nitrogens with zero attached hydrogens (tertiary/aromatic N) is 2. The van der Waals surface area contributed by atoms with Crippen LogP contribution in [0.5, 0.6) is 0 Å². The van der Waals surface area contributed by atoms with E-state index in [4.69, 9.17) is 18.1 Å². The number of hydrogen-bond acceptors (Lipinski definition) is 3. The van der Waals surface area contributed by atoms with E-state index in [2.05, 4.69) is 66.9 Å². The van der Waals surface area contributed by atoms with Crippen molar-refractivity contribution in [1.82, 2.24) is 15.4 Å². The van der Waals surface area contributed by atoms with E-state index in [1.54, 1.807) is 6.21 Å². The third-order valence-electron chi connectivity index (χ3n) is 3.59. The molecule has 0 aliphatic heterocycles. The predicted octanol–water partition coefficient (Wildman–Crippen LogP) is 3.12. The van der Waals surface area contributed by atoms with E-state index in [1.807, 2.05) is 24.3 Å². The van der Waals surface area contributed by atoms with Crippen LogP contribution >= 0.6 is 28.1 Å². The largest absolute Gasteiger partial charge is 0.342 e. The number of nitrogens with one attached hydrogen (secondary N) is 2. The van der Waals surface area contributed by atoms with Gasteiger partial charge in [0.05, 0.1) is 6.21 Å². The fourth-order valence-electron chi connectivity index (χ4n) is 2.49. The van der Waals surface area contributed by atoms with Crippen LogP contribution in [-0.2, 0) is 6.54 Å². The van der Waals surface area contributed by atoms with Gasteiger partial charge in [-0.1, -0.05) is 46.3 Å². The topological polar surface area (TPSA) is 67.4 Å². The van der Waals surface area contributed by atoms with E-state index in [0.717, 1.165) is 27.5 Å². The first-order valence-corrected chi connectivity index (χ1v) is 8.49. The molecule has 0 bridgehead atoms. The SMILES string of the molecule is NNC(=S)N/N=C/c1cn(Cc2ccc(Br)cc2)c2ccccc12. The number of thiocarbonyl (C=S) groups is 1. The number of rotatable bonds is 4. The molecule has 0 saturated heterocycles. The van der Waals surface area contributed by atoms with Crippen LogP contribution < -0.4 is 16.7 Å². The number of halogens is 1. The van der Waals surface area contributed by atoms with Crippen LogP contribution in [0, 0.1) is 0 Å². The molecule has 1 aromatic heterocycles. The standard InChI is InChI=1S/C17H16BrN5S/c18-14-7-5-12(6-8-14)10-23-11-13(9-20-22-17(24)21-19)15-3-1-2-4-16(15)23/h1-9,11H,10,19H2,(H2,21,22,24)/b20-9+. The van der Waals surface area contributed by atoms with Gasteiger partial charge >= 0.3 is 0 Å². The number of para-hydroxylation sites is 1. The fourth-order valence-corrected chi connectivity index (χ4v) is 2.81. The van der Waals surface area contributed by atoms with E-state index in [9.17, 15) is 0 Å². The summed E-state index contributed by atoms with van der Waals surface area (Å²) in [7, 11) is 0. The Labute approximate surface area is 153 Å². The van der Waals surface area contributed by atoms with E-state index in [0.29, 0.717) is 0 Å². The molecule has 5 nitrogen and oxygen atoms in total. The van der Waals surface area contributed by atoms with Crippen LogP contribution in [0.25, 0.3) is 10.9 Å². The molecule has 1 heterocycles. The van der Waals surface area contributed by atoms with Crippen molar-refractivity contribution in [3.8, 4) is 0 Å². The highest BCUT2D eigenvalue weighted by Gasteiger charge is 2.07. The Morgan fingerprint density at radius 1 is 1.21 bits per heavy atom. The van der Waals surface area contributed by atoms with E-state index < -0.39 is 0 Å². The lowest BCUT2D eigenvalue weighted by Gasteiger charge is -2.05. The molecule has 4 N–H and O–H groups in total. The van der Waals surface area contributed by atoms with Gasteiger partial charge in [0.15, 0.2) is 0 Å². The van der Waals surface area contributed by atoms with Crippen molar-refractivity contribution in [3.63, 3.8) is 0 Å². The van der Waals surface area contributed by atoms with Crippen LogP contribution in [0.4, 0.5) is 0 Å². The molecular formula is C17H16BrN5S. The van der Waals surface area contributed by atoms with Gasteiger partial charge in [0, 0.05) is 33.7 Å². The smallest absolute Gasteiger partial charge is 0.201 e.